The molecular formula is C15H18F3NO4. The van der Waals surface area contributed by atoms with Crippen LogP contribution >= 0.6 is 0 Å². The third kappa shape index (κ3) is 4.28. The Kier molecular flexibility index (Phi) is 5.03. The monoisotopic (exact) mass is 333 g/mol. The van der Waals surface area contributed by atoms with E-state index in [-0.39, 0.29) is 30.4 Å². The number of carboxylic acid groups (broad SMARTS) is 1. The maximum atomic E-state index is 13.4. The molecule has 0 bridgehead atoms. The molecule has 0 aromatic heterocycles. The van der Waals surface area contributed by atoms with Gasteiger partial charge in [-0.15, -0.1) is 0 Å². The number of hydrogen-bond acceptors (Lipinski definition) is 4. The number of benzene rings is 1. The van der Waals surface area contributed by atoms with Crippen LogP contribution in [0.25, 0.3) is 0 Å². The predicted octanol–water partition coefficient (Wildman–Crippen LogP) is 3.11. The zero-order chi connectivity index (χ0) is 17.2. The van der Waals surface area contributed by atoms with Crippen molar-refractivity contribution in [1.82, 2.24) is 5.32 Å². The number of hydrogen-bond donors (Lipinski definition) is 2. The second-order valence-corrected chi connectivity index (χ2v) is 5.77. The van der Waals surface area contributed by atoms with Crippen molar-refractivity contribution in [3.8, 4) is 11.5 Å². The summed E-state index contributed by atoms with van der Waals surface area (Å²) in [7, 11) is 0. The number of alkyl halides is 3. The van der Waals surface area contributed by atoms with E-state index in [2.05, 4.69) is 5.32 Å². The third-order valence-corrected chi connectivity index (χ3v) is 3.43. The molecule has 1 heterocycles. The first-order valence-corrected chi connectivity index (χ1v) is 7.13. The number of carboxylic acids is 1. The van der Waals surface area contributed by atoms with Crippen molar-refractivity contribution in [2.75, 3.05) is 6.79 Å². The van der Waals surface area contributed by atoms with E-state index in [1.807, 2.05) is 0 Å². The minimum atomic E-state index is -4.64. The zero-order valence-electron chi connectivity index (χ0n) is 12.7. The van der Waals surface area contributed by atoms with E-state index in [9.17, 15) is 18.0 Å². The molecule has 0 fully saturated rings. The van der Waals surface area contributed by atoms with Crippen LogP contribution in [0.4, 0.5) is 13.2 Å². The number of aliphatic carboxylic acids is 1. The average Bonchev–Trinajstić information content (AvgIpc) is 2.88. The molecule has 8 heteroatoms. The highest BCUT2D eigenvalue weighted by atomic mass is 19.4. The van der Waals surface area contributed by atoms with Crippen LogP contribution in [0.1, 0.15) is 31.9 Å². The number of ether oxygens (including phenoxy) is 2. The Hall–Kier alpha value is -1.96. The van der Waals surface area contributed by atoms with Crippen LogP contribution in [0.2, 0.25) is 0 Å². The topological polar surface area (TPSA) is 67.8 Å². The van der Waals surface area contributed by atoms with Crippen molar-refractivity contribution in [3.05, 3.63) is 23.8 Å². The maximum Gasteiger partial charge on any atom is 0.407 e. The summed E-state index contributed by atoms with van der Waals surface area (Å²) in [6.45, 7) is 3.45. The van der Waals surface area contributed by atoms with Crippen molar-refractivity contribution in [2.24, 2.45) is 5.92 Å². The summed E-state index contributed by atoms with van der Waals surface area (Å²) in [5, 5.41) is 11.4. The molecule has 1 aromatic rings. The highest BCUT2D eigenvalue weighted by molar-refractivity contribution is 5.73. The van der Waals surface area contributed by atoms with E-state index in [0.29, 0.717) is 5.75 Å². The number of halogens is 3. The van der Waals surface area contributed by atoms with E-state index >= 15 is 0 Å². The molecule has 1 aliphatic heterocycles. The molecule has 5 nitrogen and oxygen atoms in total. The number of carbonyl (C=O) groups is 1. The Morgan fingerprint density at radius 1 is 1.30 bits per heavy atom. The molecule has 0 saturated carbocycles. The molecule has 0 radical (unpaired) electrons. The van der Waals surface area contributed by atoms with E-state index in [1.54, 1.807) is 13.8 Å². The van der Waals surface area contributed by atoms with Gasteiger partial charge in [0.1, 0.15) is 12.1 Å². The SMILES string of the molecule is CC(C)C[C@H](N[C@@H](c1ccc2c(c1)OCO2)C(F)(F)F)C(=O)O. The fraction of sp³-hybridized carbons (Fsp3) is 0.533. The summed E-state index contributed by atoms with van der Waals surface area (Å²) >= 11 is 0. The predicted molar refractivity (Wildman–Crippen MR) is 75.4 cm³/mol. The highest BCUT2D eigenvalue weighted by Crippen LogP contribution is 2.39. The summed E-state index contributed by atoms with van der Waals surface area (Å²) in [5.41, 5.74) is -0.114. The minimum absolute atomic E-state index is 0.0476. The van der Waals surface area contributed by atoms with Crippen LogP contribution in [0.5, 0.6) is 11.5 Å². The zero-order valence-corrected chi connectivity index (χ0v) is 12.7. The molecule has 0 amide bonds. The lowest BCUT2D eigenvalue weighted by Crippen LogP contribution is -2.45. The van der Waals surface area contributed by atoms with Crippen LogP contribution in [0.3, 0.4) is 0 Å². The molecule has 2 atom stereocenters. The quantitative estimate of drug-likeness (QED) is 0.837. The van der Waals surface area contributed by atoms with Crippen molar-refractivity contribution in [2.45, 2.75) is 38.5 Å². The Morgan fingerprint density at radius 3 is 2.52 bits per heavy atom. The van der Waals surface area contributed by atoms with Gasteiger partial charge in [-0.25, -0.2) is 0 Å². The van der Waals surface area contributed by atoms with Gasteiger partial charge in [-0.05, 0) is 30.0 Å². The molecule has 0 saturated heterocycles. The maximum absolute atomic E-state index is 13.4. The smallest absolute Gasteiger partial charge is 0.407 e. The van der Waals surface area contributed by atoms with Gasteiger partial charge in [-0.2, -0.15) is 13.2 Å². The molecular weight excluding hydrogens is 315 g/mol. The van der Waals surface area contributed by atoms with Gasteiger partial charge in [0.15, 0.2) is 11.5 Å². The van der Waals surface area contributed by atoms with Gasteiger partial charge >= 0.3 is 12.1 Å². The van der Waals surface area contributed by atoms with Gasteiger partial charge in [0, 0.05) is 0 Å². The van der Waals surface area contributed by atoms with E-state index in [1.165, 1.54) is 18.2 Å². The van der Waals surface area contributed by atoms with E-state index in [0.717, 1.165) is 0 Å². The summed E-state index contributed by atoms with van der Waals surface area (Å²) in [4.78, 5) is 11.2. The molecule has 1 aromatic carbocycles. The van der Waals surface area contributed by atoms with Gasteiger partial charge in [0.25, 0.3) is 0 Å². The normalized spacial score (nSPS) is 16.4. The lowest BCUT2D eigenvalue weighted by Gasteiger charge is -2.26. The average molecular weight is 333 g/mol. The first kappa shape index (κ1) is 17.4. The molecule has 0 spiro atoms. The lowest BCUT2D eigenvalue weighted by molar-refractivity contribution is -0.163. The molecule has 2 rings (SSSR count). The van der Waals surface area contributed by atoms with Crippen molar-refractivity contribution >= 4 is 5.97 Å². The molecule has 0 aliphatic carbocycles. The molecule has 1 aliphatic rings. The van der Waals surface area contributed by atoms with Gasteiger partial charge in [-0.1, -0.05) is 19.9 Å². The van der Waals surface area contributed by atoms with Gasteiger partial charge < -0.3 is 14.6 Å². The summed E-state index contributed by atoms with van der Waals surface area (Å²) < 4.78 is 50.3. The first-order chi connectivity index (χ1) is 10.7. The van der Waals surface area contributed by atoms with Crippen molar-refractivity contribution in [1.29, 1.82) is 0 Å². The highest BCUT2D eigenvalue weighted by Gasteiger charge is 2.43. The van der Waals surface area contributed by atoms with Gasteiger partial charge in [-0.3, -0.25) is 10.1 Å². The van der Waals surface area contributed by atoms with Gasteiger partial charge in [0.05, 0.1) is 0 Å². The number of rotatable bonds is 6. The molecule has 23 heavy (non-hydrogen) atoms. The van der Waals surface area contributed by atoms with Crippen LogP contribution in [0, 0.1) is 5.92 Å². The molecule has 2 N–H and O–H groups in total. The molecule has 128 valence electrons. The van der Waals surface area contributed by atoms with Gasteiger partial charge in [0.2, 0.25) is 6.79 Å². The minimum Gasteiger partial charge on any atom is -0.480 e. The van der Waals surface area contributed by atoms with Crippen LogP contribution in [-0.4, -0.2) is 30.1 Å². The fourth-order valence-corrected chi connectivity index (χ4v) is 2.39. The van der Waals surface area contributed by atoms with Crippen molar-refractivity contribution < 1.29 is 32.5 Å². The number of fused-ring (bicyclic) bond motifs is 1. The standard InChI is InChI=1S/C15H18F3NO4/c1-8(2)5-10(14(20)21)19-13(15(16,17)18)9-3-4-11-12(6-9)23-7-22-11/h3-4,6,8,10,13,19H,5,7H2,1-2H3,(H,20,21)/t10-,13-/m0/s1. The van der Waals surface area contributed by atoms with Crippen LogP contribution in [-0.2, 0) is 4.79 Å². The Labute approximate surface area is 131 Å². The lowest BCUT2D eigenvalue weighted by atomic mass is 10.00. The Morgan fingerprint density at radius 2 is 1.96 bits per heavy atom. The fourth-order valence-electron chi connectivity index (χ4n) is 2.39. The second-order valence-electron chi connectivity index (χ2n) is 5.77. The van der Waals surface area contributed by atoms with Crippen LogP contribution < -0.4 is 14.8 Å². The van der Waals surface area contributed by atoms with Crippen molar-refractivity contribution in [3.63, 3.8) is 0 Å². The van der Waals surface area contributed by atoms with E-state index < -0.39 is 24.2 Å². The summed E-state index contributed by atoms with van der Waals surface area (Å²) in [6, 6.07) is 0.467. The molecule has 0 unspecified atom stereocenters. The summed E-state index contributed by atoms with van der Waals surface area (Å²) in [6.07, 6.45) is -4.55. The Bertz CT molecular complexity index is 574. The van der Waals surface area contributed by atoms with Crippen LogP contribution in [0.15, 0.2) is 18.2 Å². The number of nitrogens with one attached hydrogen (secondary N) is 1. The second kappa shape index (κ2) is 6.66. The first-order valence-electron chi connectivity index (χ1n) is 7.13. The third-order valence-electron chi connectivity index (χ3n) is 3.43. The Balaban J connectivity index is 2.28. The largest absolute Gasteiger partial charge is 0.480 e. The summed E-state index contributed by atoms with van der Waals surface area (Å²) in [5.74, 6) is -0.788. The van der Waals surface area contributed by atoms with E-state index in [4.69, 9.17) is 14.6 Å².